The number of benzene rings is 1. The topological polar surface area (TPSA) is 71.4 Å². The molecule has 3 heterocycles. The average Bonchev–Trinajstić information content (AvgIpc) is 2.87. The molecule has 110 valence electrons. The first kappa shape index (κ1) is 13.0. The van der Waals surface area contributed by atoms with E-state index in [1.165, 1.54) is 11.1 Å². The van der Waals surface area contributed by atoms with Gasteiger partial charge in [0.1, 0.15) is 5.75 Å². The Balaban J connectivity index is 1.68. The summed E-state index contributed by atoms with van der Waals surface area (Å²) in [6.07, 6.45) is 3.16. The number of ether oxygens (including phenoxy) is 1. The van der Waals surface area contributed by atoms with Gasteiger partial charge in [0.15, 0.2) is 0 Å². The molecular formula is C16H14N4O2. The third kappa shape index (κ3) is 2.23. The van der Waals surface area contributed by atoms with Gasteiger partial charge in [0.25, 0.3) is 0 Å². The van der Waals surface area contributed by atoms with E-state index in [2.05, 4.69) is 33.0 Å². The molecule has 0 aliphatic carbocycles. The Morgan fingerprint density at radius 3 is 2.91 bits per heavy atom. The van der Waals surface area contributed by atoms with Crippen LogP contribution in [0.2, 0.25) is 0 Å². The van der Waals surface area contributed by atoms with E-state index in [4.69, 9.17) is 4.74 Å². The molecule has 0 atom stereocenters. The number of hydrogen-bond acceptors (Lipinski definition) is 6. The third-order valence-corrected chi connectivity index (χ3v) is 3.73. The summed E-state index contributed by atoms with van der Waals surface area (Å²) in [5, 5.41) is 10.5. The summed E-state index contributed by atoms with van der Waals surface area (Å²) in [5.74, 6) is 0.556. The molecule has 0 amide bonds. The van der Waals surface area contributed by atoms with Crippen LogP contribution >= 0.6 is 0 Å². The maximum absolute atomic E-state index is 9.95. The van der Waals surface area contributed by atoms with Gasteiger partial charge in [-0.15, -0.1) is 0 Å². The van der Waals surface area contributed by atoms with E-state index in [1.807, 2.05) is 12.1 Å². The predicted octanol–water partition coefficient (Wildman–Crippen LogP) is 2.47. The van der Waals surface area contributed by atoms with Crippen LogP contribution in [-0.2, 0) is 13.1 Å². The fraction of sp³-hybridized carbons (Fsp3) is 0.188. The smallest absolute Gasteiger partial charge is 0.325 e. The van der Waals surface area contributed by atoms with E-state index in [-0.39, 0.29) is 11.9 Å². The van der Waals surface area contributed by atoms with E-state index in [1.54, 1.807) is 18.5 Å². The van der Waals surface area contributed by atoms with Crippen LogP contribution in [-0.4, -0.2) is 32.0 Å². The fourth-order valence-electron chi connectivity index (χ4n) is 2.70. The first-order valence-corrected chi connectivity index (χ1v) is 6.98. The molecule has 0 radical (unpaired) electrons. The lowest BCUT2D eigenvalue weighted by Crippen LogP contribution is -2.07. The maximum atomic E-state index is 9.95. The molecule has 0 fully saturated rings. The molecule has 6 nitrogen and oxygen atoms in total. The Hall–Kier alpha value is -2.73. The van der Waals surface area contributed by atoms with Gasteiger partial charge in [-0.3, -0.25) is 9.88 Å². The Morgan fingerprint density at radius 1 is 1.14 bits per heavy atom. The number of hydrogen-bond donors (Lipinski definition) is 1. The summed E-state index contributed by atoms with van der Waals surface area (Å²) >= 11 is 0. The van der Waals surface area contributed by atoms with Gasteiger partial charge in [0.05, 0.1) is 17.1 Å². The zero-order chi connectivity index (χ0) is 15.1. The minimum atomic E-state index is -0.108. The van der Waals surface area contributed by atoms with Crippen molar-refractivity contribution in [2.75, 3.05) is 7.05 Å². The van der Waals surface area contributed by atoms with Gasteiger partial charge >= 0.3 is 6.01 Å². The second-order valence-corrected chi connectivity index (χ2v) is 5.43. The third-order valence-electron chi connectivity index (χ3n) is 3.73. The summed E-state index contributed by atoms with van der Waals surface area (Å²) in [6.45, 7) is 1.86. The molecule has 0 saturated carbocycles. The largest absolute Gasteiger partial charge is 0.493 e. The van der Waals surface area contributed by atoms with Gasteiger partial charge in [-0.2, -0.15) is 9.97 Å². The number of rotatable bonds is 2. The minimum Gasteiger partial charge on any atom is -0.493 e. The SMILES string of the molecule is CN1Cc2ccc(Oc3nc(O)c4ccncc4n3)cc2C1. The second-order valence-electron chi connectivity index (χ2n) is 5.43. The molecule has 1 aliphatic rings. The first-order chi connectivity index (χ1) is 10.7. The van der Waals surface area contributed by atoms with Crippen LogP contribution in [0.1, 0.15) is 11.1 Å². The lowest BCUT2D eigenvalue weighted by Gasteiger charge is -2.07. The van der Waals surface area contributed by atoms with Crippen LogP contribution < -0.4 is 4.74 Å². The van der Waals surface area contributed by atoms with Crippen LogP contribution in [0.25, 0.3) is 10.9 Å². The molecule has 6 heteroatoms. The van der Waals surface area contributed by atoms with Crippen LogP contribution in [0, 0.1) is 0 Å². The fourth-order valence-corrected chi connectivity index (χ4v) is 2.70. The van der Waals surface area contributed by atoms with E-state index in [0.717, 1.165) is 13.1 Å². The molecule has 4 rings (SSSR count). The van der Waals surface area contributed by atoms with E-state index < -0.39 is 0 Å². The van der Waals surface area contributed by atoms with Gasteiger partial charge in [0.2, 0.25) is 5.88 Å². The number of aromatic hydroxyl groups is 1. The van der Waals surface area contributed by atoms with E-state index in [9.17, 15) is 5.11 Å². The molecule has 0 unspecified atom stereocenters. The van der Waals surface area contributed by atoms with Crippen molar-refractivity contribution in [2.24, 2.45) is 0 Å². The van der Waals surface area contributed by atoms with Crippen LogP contribution in [0.3, 0.4) is 0 Å². The van der Waals surface area contributed by atoms with Crippen LogP contribution in [0.15, 0.2) is 36.7 Å². The highest BCUT2D eigenvalue weighted by molar-refractivity contribution is 5.82. The quantitative estimate of drug-likeness (QED) is 0.783. The Kier molecular flexibility index (Phi) is 2.90. The molecule has 0 saturated heterocycles. The zero-order valence-corrected chi connectivity index (χ0v) is 12.0. The van der Waals surface area contributed by atoms with Crippen molar-refractivity contribution >= 4 is 10.9 Å². The standard InChI is InChI=1S/C16H14N4O2/c1-20-8-10-2-3-12(6-11(10)9-20)22-16-18-14-7-17-5-4-13(14)15(21)19-16/h2-7H,8-9H2,1H3,(H,18,19,21). The highest BCUT2D eigenvalue weighted by atomic mass is 16.5. The molecule has 1 aromatic carbocycles. The molecule has 1 aliphatic heterocycles. The van der Waals surface area contributed by atoms with Crippen molar-refractivity contribution in [2.45, 2.75) is 13.1 Å². The van der Waals surface area contributed by atoms with Gasteiger partial charge in [-0.25, -0.2) is 0 Å². The highest BCUT2D eigenvalue weighted by Gasteiger charge is 2.16. The highest BCUT2D eigenvalue weighted by Crippen LogP contribution is 2.29. The maximum Gasteiger partial charge on any atom is 0.325 e. The van der Waals surface area contributed by atoms with E-state index in [0.29, 0.717) is 16.7 Å². The summed E-state index contributed by atoms with van der Waals surface area (Å²) in [7, 11) is 2.08. The van der Waals surface area contributed by atoms with Crippen LogP contribution in [0.4, 0.5) is 0 Å². The monoisotopic (exact) mass is 294 g/mol. The summed E-state index contributed by atoms with van der Waals surface area (Å²) in [5.41, 5.74) is 3.10. The molecule has 1 N–H and O–H groups in total. The first-order valence-electron chi connectivity index (χ1n) is 6.98. The van der Waals surface area contributed by atoms with Gasteiger partial charge in [-0.1, -0.05) is 6.07 Å². The van der Waals surface area contributed by atoms with Gasteiger partial charge in [-0.05, 0) is 36.4 Å². The van der Waals surface area contributed by atoms with Crippen LogP contribution in [0.5, 0.6) is 17.6 Å². The Labute approximate surface area is 127 Å². The number of fused-ring (bicyclic) bond motifs is 2. The van der Waals surface area contributed by atoms with Crippen molar-refractivity contribution in [1.29, 1.82) is 0 Å². The molecular weight excluding hydrogens is 280 g/mol. The Morgan fingerprint density at radius 2 is 2.00 bits per heavy atom. The zero-order valence-electron chi connectivity index (χ0n) is 12.0. The minimum absolute atomic E-state index is 0.108. The summed E-state index contributed by atoms with van der Waals surface area (Å²) in [6, 6.07) is 7.72. The molecule has 2 aromatic heterocycles. The van der Waals surface area contributed by atoms with E-state index >= 15 is 0 Å². The Bertz CT molecular complexity index is 866. The van der Waals surface area contributed by atoms with Gasteiger partial charge in [0, 0.05) is 19.3 Å². The molecule has 22 heavy (non-hydrogen) atoms. The number of pyridine rings is 1. The lowest BCUT2D eigenvalue weighted by atomic mass is 10.1. The van der Waals surface area contributed by atoms with Crippen molar-refractivity contribution in [3.05, 3.63) is 47.8 Å². The van der Waals surface area contributed by atoms with Gasteiger partial charge < -0.3 is 9.84 Å². The summed E-state index contributed by atoms with van der Waals surface area (Å²) < 4.78 is 5.70. The summed E-state index contributed by atoms with van der Waals surface area (Å²) in [4.78, 5) is 14.5. The average molecular weight is 294 g/mol. The van der Waals surface area contributed by atoms with Crippen molar-refractivity contribution < 1.29 is 9.84 Å². The predicted molar refractivity (Wildman–Crippen MR) is 80.7 cm³/mol. The molecule has 3 aromatic rings. The number of aromatic nitrogens is 3. The second kappa shape index (κ2) is 4.92. The number of nitrogens with zero attached hydrogens (tertiary/aromatic N) is 4. The normalized spacial score (nSPS) is 14.2. The molecule has 0 bridgehead atoms. The van der Waals surface area contributed by atoms with Crippen molar-refractivity contribution in [3.63, 3.8) is 0 Å². The van der Waals surface area contributed by atoms with Crippen molar-refractivity contribution in [1.82, 2.24) is 19.9 Å². The molecule has 0 spiro atoms. The lowest BCUT2D eigenvalue weighted by molar-refractivity contribution is 0.353. The van der Waals surface area contributed by atoms with Crippen molar-refractivity contribution in [3.8, 4) is 17.6 Å².